The predicted molar refractivity (Wildman–Crippen MR) is 140 cm³/mol. The maximum absolute atomic E-state index is 9.65. The lowest BCUT2D eigenvalue weighted by molar-refractivity contribution is 0.301. The van der Waals surface area contributed by atoms with Crippen LogP contribution in [0.4, 0.5) is 17.1 Å². The van der Waals surface area contributed by atoms with Crippen molar-refractivity contribution in [3.63, 3.8) is 0 Å². The van der Waals surface area contributed by atoms with Crippen LogP contribution in [0, 0.1) is 11.3 Å². The van der Waals surface area contributed by atoms with Crippen molar-refractivity contribution in [2.75, 3.05) is 17.7 Å². The van der Waals surface area contributed by atoms with E-state index < -0.39 is 0 Å². The number of hydrogen-bond donors (Lipinski definition) is 2. The second-order valence-electron chi connectivity index (χ2n) is 7.85. The summed E-state index contributed by atoms with van der Waals surface area (Å²) in [6, 6.07) is 16.7. The molecule has 0 atom stereocenters. The lowest BCUT2D eigenvalue weighted by Gasteiger charge is -2.15. The summed E-state index contributed by atoms with van der Waals surface area (Å²) in [6.07, 6.45) is 1.52. The van der Waals surface area contributed by atoms with Crippen molar-refractivity contribution in [3.05, 3.63) is 83.3 Å². The summed E-state index contributed by atoms with van der Waals surface area (Å²) in [4.78, 5) is 8.91. The Morgan fingerprint density at radius 3 is 2.71 bits per heavy atom. The number of benzene rings is 2. The van der Waals surface area contributed by atoms with Crippen LogP contribution in [0.2, 0.25) is 5.02 Å². The van der Waals surface area contributed by atoms with E-state index in [9.17, 15) is 5.26 Å². The molecule has 0 saturated carbocycles. The molecule has 0 spiro atoms. The maximum Gasteiger partial charge on any atom is 0.144 e. The van der Waals surface area contributed by atoms with E-state index >= 15 is 0 Å². The second-order valence-corrected chi connectivity index (χ2v) is 8.26. The Hall–Kier alpha value is -4.28. The van der Waals surface area contributed by atoms with E-state index in [0.717, 1.165) is 17.0 Å². The minimum absolute atomic E-state index is 0.266. The molecule has 2 heterocycles. The summed E-state index contributed by atoms with van der Waals surface area (Å²) in [5.41, 5.74) is 11.4. The first-order chi connectivity index (χ1) is 16.9. The molecule has 4 aromatic rings. The van der Waals surface area contributed by atoms with Crippen molar-refractivity contribution in [1.29, 1.82) is 5.26 Å². The van der Waals surface area contributed by atoms with E-state index in [1.54, 1.807) is 24.3 Å². The minimum atomic E-state index is 0.266. The number of hydrogen-bond acceptors (Lipinski definition) is 7. The van der Waals surface area contributed by atoms with Crippen LogP contribution in [0.3, 0.4) is 0 Å². The molecule has 0 aliphatic heterocycles. The Labute approximate surface area is 208 Å². The number of allylic oxidation sites excluding steroid dienone is 1. The molecule has 0 bridgehead atoms. The van der Waals surface area contributed by atoms with Gasteiger partial charge in [0.15, 0.2) is 0 Å². The summed E-state index contributed by atoms with van der Waals surface area (Å²) in [5, 5.41) is 14.1. The van der Waals surface area contributed by atoms with Gasteiger partial charge in [-0.25, -0.2) is 4.98 Å². The third-order valence-corrected chi connectivity index (χ3v) is 5.54. The number of anilines is 3. The summed E-state index contributed by atoms with van der Waals surface area (Å²) in [5.74, 6) is 1.07. The van der Waals surface area contributed by atoms with Gasteiger partial charge in [-0.3, -0.25) is 4.98 Å². The van der Waals surface area contributed by atoms with Crippen LogP contribution in [0.15, 0.2) is 61.3 Å². The van der Waals surface area contributed by atoms with Gasteiger partial charge in [-0.05, 0) is 55.8 Å². The monoisotopic (exact) mass is 485 g/mol. The summed E-state index contributed by atoms with van der Waals surface area (Å²) >= 11 is 6.50. The van der Waals surface area contributed by atoms with Crippen molar-refractivity contribution in [1.82, 2.24) is 9.97 Å². The second kappa shape index (κ2) is 10.3. The molecular formula is C27H24ClN5O2. The number of nitrogens with two attached hydrogens (primary N) is 1. The van der Waals surface area contributed by atoms with E-state index in [2.05, 4.69) is 27.9 Å². The predicted octanol–water partition coefficient (Wildman–Crippen LogP) is 6.49. The standard InChI is InChI=1S/C27H24ClN5O2/c1-4-34-26-12-24-20(11-22(26)30)27(17(13-29)14-31-24)33-18-8-9-25(21(28)10-18)35-15-19-6-5-7-23(32-19)16(2)3/h5-12,14H,2,4,15,30H2,1,3H3,(H,31,33). The number of rotatable bonds is 8. The molecule has 0 saturated heterocycles. The van der Waals surface area contributed by atoms with Crippen molar-refractivity contribution < 1.29 is 9.47 Å². The van der Waals surface area contributed by atoms with Gasteiger partial charge >= 0.3 is 0 Å². The third kappa shape index (κ3) is 5.29. The molecule has 0 unspecified atom stereocenters. The van der Waals surface area contributed by atoms with E-state index in [1.165, 1.54) is 6.20 Å². The van der Waals surface area contributed by atoms with E-state index in [-0.39, 0.29) is 6.61 Å². The molecule has 3 N–H and O–H groups in total. The van der Waals surface area contributed by atoms with Gasteiger partial charge in [0, 0.05) is 23.3 Å². The molecule has 0 fully saturated rings. The number of aromatic nitrogens is 2. The van der Waals surface area contributed by atoms with Gasteiger partial charge in [-0.15, -0.1) is 0 Å². The number of nitrogens with zero attached hydrogens (tertiary/aromatic N) is 3. The molecule has 4 rings (SSSR count). The molecule has 0 aliphatic carbocycles. The lowest BCUT2D eigenvalue weighted by atomic mass is 10.1. The highest BCUT2D eigenvalue weighted by Gasteiger charge is 2.14. The number of ether oxygens (including phenoxy) is 2. The van der Waals surface area contributed by atoms with Crippen LogP contribution in [0.25, 0.3) is 16.5 Å². The van der Waals surface area contributed by atoms with Crippen LogP contribution in [0.1, 0.15) is 30.8 Å². The Morgan fingerprint density at radius 1 is 1.17 bits per heavy atom. The molecule has 2 aromatic carbocycles. The number of nitrogen functional groups attached to an aromatic ring is 1. The summed E-state index contributed by atoms with van der Waals surface area (Å²) < 4.78 is 11.5. The smallest absolute Gasteiger partial charge is 0.144 e. The number of fused-ring (bicyclic) bond motifs is 1. The summed E-state index contributed by atoms with van der Waals surface area (Å²) in [7, 11) is 0. The van der Waals surface area contributed by atoms with Gasteiger partial charge in [0.1, 0.15) is 24.2 Å². The van der Waals surface area contributed by atoms with Gasteiger partial charge in [0.05, 0.1) is 45.5 Å². The highest BCUT2D eigenvalue weighted by molar-refractivity contribution is 6.32. The highest BCUT2D eigenvalue weighted by Crippen LogP contribution is 2.36. The summed E-state index contributed by atoms with van der Waals surface area (Å²) in [6.45, 7) is 8.47. The first-order valence-corrected chi connectivity index (χ1v) is 11.3. The minimum Gasteiger partial charge on any atom is -0.492 e. The topological polar surface area (TPSA) is 106 Å². The number of halogens is 1. The molecule has 176 valence electrons. The van der Waals surface area contributed by atoms with Gasteiger partial charge in [-0.1, -0.05) is 24.2 Å². The van der Waals surface area contributed by atoms with Crippen molar-refractivity contribution >= 4 is 45.1 Å². The fourth-order valence-corrected chi connectivity index (χ4v) is 3.76. The Kier molecular flexibility index (Phi) is 7.04. The number of pyridine rings is 2. The quantitative estimate of drug-likeness (QED) is 0.274. The van der Waals surface area contributed by atoms with Crippen molar-refractivity contribution in [3.8, 4) is 17.6 Å². The molecule has 2 aromatic heterocycles. The Morgan fingerprint density at radius 2 is 2.00 bits per heavy atom. The highest BCUT2D eigenvalue weighted by atomic mass is 35.5. The molecule has 7 nitrogen and oxygen atoms in total. The molecule has 0 radical (unpaired) electrons. The zero-order valence-corrected chi connectivity index (χ0v) is 20.2. The zero-order chi connectivity index (χ0) is 24.9. The SMILES string of the molecule is C=C(C)c1cccc(COc2ccc(Nc3c(C#N)cnc4cc(OCC)c(N)cc34)cc2Cl)n1. The molecule has 0 aliphatic rings. The molecular weight excluding hydrogens is 462 g/mol. The average Bonchev–Trinajstić information content (AvgIpc) is 2.85. The van der Waals surface area contributed by atoms with E-state index in [4.69, 9.17) is 26.8 Å². The zero-order valence-electron chi connectivity index (χ0n) is 19.4. The average molecular weight is 486 g/mol. The van der Waals surface area contributed by atoms with Crippen LogP contribution in [0.5, 0.6) is 11.5 Å². The number of nitriles is 1. The Bertz CT molecular complexity index is 1460. The maximum atomic E-state index is 9.65. The molecule has 8 heteroatoms. The third-order valence-electron chi connectivity index (χ3n) is 5.24. The largest absolute Gasteiger partial charge is 0.492 e. The van der Waals surface area contributed by atoms with E-state index in [0.29, 0.717) is 56.7 Å². The fourth-order valence-electron chi connectivity index (χ4n) is 3.53. The van der Waals surface area contributed by atoms with Gasteiger partial charge in [-0.2, -0.15) is 5.26 Å². The first-order valence-electron chi connectivity index (χ1n) is 11.0. The van der Waals surface area contributed by atoms with Crippen LogP contribution in [-0.4, -0.2) is 16.6 Å². The van der Waals surface area contributed by atoms with Crippen LogP contribution < -0.4 is 20.5 Å². The molecule has 35 heavy (non-hydrogen) atoms. The van der Waals surface area contributed by atoms with Gasteiger partial charge in [0.25, 0.3) is 0 Å². The van der Waals surface area contributed by atoms with Crippen LogP contribution in [-0.2, 0) is 6.61 Å². The fraction of sp³-hybridized carbons (Fsp3) is 0.148. The van der Waals surface area contributed by atoms with Crippen LogP contribution >= 0.6 is 11.6 Å². The van der Waals surface area contributed by atoms with Crippen molar-refractivity contribution in [2.24, 2.45) is 0 Å². The Balaban J connectivity index is 1.59. The lowest BCUT2D eigenvalue weighted by Crippen LogP contribution is -2.02. The van der Waals surface area contributed by atoms with Gasteiger partial charge < -0.3 is 20.5 Å². The van der Waals surface area contributed by atoms with E-state index in [1.807, 2.05) is 38.1 Å². The first kappa shape index (κ1) is 23.9. The number of nitrogens with one attached hydrogen (secondary N) is 1. The molecule has 0 amide bonds. The normalized spacial score (nSPS) is 10.6. The van der Waals surface area contributed by atoms with Crippen molar-refractivity contribution in [2.45, 2.75) is 20.5 Å². The van der Waals surface area contributed by atoms with Gasteiger partial charge in [0.2, 0.25) is 0 Å².